The van der Waals surface area contributed by atoms with Crippen molar-refractivity contribution in [3.05, 3.63) is 58.7 Å². The predicted octanol–water partition coefficient (Wildman–Crippen LogP) is 4.25. The Hall–Kier alpha value is -1.61. The number of halogens is 1. The number of rotatable bonds is 3. The van der Waals surface area contributed by atoms with Crippen LogP contribution in [0.25, 0.3) is 10.9 Å². The fourth-order valence-corrected chi connectivity index (χ4v) is 5.10. The van der Waals surface area contributed by atoms with E-state index in [-0.39, 0.29) is 4.90 Å². The molecule has 4 rings (SSSR count). The monoisotopic (exact) mass is 475 g/mol. The Kier molecular flexibility index (Phi) is 4.77. The summed E-state index contributed by atoms with van der Waals surface area (Å²) in [5, 5.41) is 0.780. The minimum atomic E-state index is -3.78. The number of hydrogen-bond acceptors (Lipinski definition) is 4. The molecular weight excluding hydrogens is 453 g/mol. The molecule has 2 heterocycles. The highest BCUT2D eigenvalue weighted by Gasteiger charge is 2.52. The van der Waals surface area contributed by atoms with Gasteiger partial charge in [0, 0.05) is 21.5 Å². The van der Waals surface area contributed by atoms with Crippen LogP contribution in [-0.2, 0) is 19.3 Å². The molecule has 29 heavy (non-hydrogen) atoms. The van der Waals surface area contributed by atoms with E-state index < -0.39 is 28.3 Å². The summed E-state index contributed by atoms with van der Waals surface area (Å²) < 4.78 is 41.3. The summed E-state index contributed by atoms with van der Waals surface area (Å²) in [6.45, 7) is 9.84. The second-order valence-electron chi connectivity index (χ2n) is 8.45. The number of aryl methyl sites for hydroxylation is 1. The first-order valence-electron chi connectivity index (χ1n) is 9.41. The summed E-state index contributed by atoms with van der Waals surface area (Å²) in [6.07, 6.45) is 1.62. The Morgan fingerprint density at radius 1 is 0.966 bits per heavy atom. The van der Waals surface area contributed by atoms with E-state index in [1.807, 2.05) is 46.8 Å². The fourth-order valence-electron chi connectivity index (χ4n) is 3.38. The normalized spacial score (nSPS) is 18.5. The number of nitrogens with zero attached hydrogens (tertiary/aromatic N) is 1. The molecule has 3 aromatic rings. The molecule has 0 spiro atoms. The highest BCUT2D eigenvalue weighted by Crippen LogP contribution is 2.37. The van der Waals surface area contributed by atoms with Gasteiger partial charge < -0.3 is 9.31 Å². The van der Waals surface area contributed by atoms with Gasteiger partial charge in [0.05, 0.1) is 21.6 Å². The number of benzene rings is 2. The third-order valence-electron chi connectivity index (χ3n) is 5.85. The number of hydrogen-bond donors (Lipinski definition) is 0. The average molecular weight is 476 g/mol. The molecule has 1 aliphatic heterocycles. The van der Waals surface area contributed by atoms with Gasteiger partial charge in [0.25, 0.3) is 10.0 Å². The van der Waals surface area contributed by atoms with Crippen molar-refractivity contribution in [1.29, 1.82) is 0 Å². The first-order valence-corrected chi connectivity index (χ1v) is 11.6. The van der Waals surface area contributed by atoms with Crippen LogP contribution in [0.3, 0.4) is 0 Å². The summed E-state index contributed by atoms with van der Waals surface area (Å²) in [6, 6.07) is 12.4. The summed E-state index contributed by atoms with van der Waals surface area (Å²) in [4.78, 5) is 0.237. The molecule has 0 atom stereocenters. The van der Waals surface area contributed by atoms with Gasteiger partial charge in [0.15, 0.2) is 0 Å². The van der Waals surface area contributed by atoms with Crippen LogP contribution in [-0.4, -0.2) is 30.7 Å². The van der Waals surface area contributed by atoms with E-state index in [2.05, 4.69) is 15.9 Å². The van der Waals surface area contributed by atoms with E-state index >= 15 is 0 Å². The van der Waals surface area contributed by atoms with Crippen LogP contribution < -0.4 is 5.46 Å². The van der Waals surface area contributed by atoms with Crippen molar-refractivity contribution in [2.45, 2.75) is 50.7 Å². The maximum Gasteiger partial charge on any atom is 0.497 e. The molecule has 0 N–H and O–H groups in total. The van der Waals surface area contributed by atoms with Gasteiger partial charge in [-0.2, -0.15) is 0 Å². The Bertz CT molecular complexity index is 1180. The molecule has 152 valence electrons. The van der Waals surface area contributed by atoms with E-state index in [0.29, 0.717) is 11.0 Å². The van der Waals surface area contributed by atoms with Crippen molar-refractivity contribution in [3.8, 4) is 0 Å². The Labute approximate surface area is 180 Å². The van der Waals surface area contributed by atoms with Crippen molar-refractivity contribution in [2.24, 2.45) is 0 Å². The molecule has 5 nitrogen and oxygen atoms in total. The smallest absolute Gasteiger partial charge is 0.399 e. The van der Waals surface area contributed by atoms with E-state index in [1.165, 1.54) is 3.97 Å². The van der Waals surface area contributed by atoms with Crippen LogP contribution >= 0.6 is 15.9 Å². The maximum absolute atomic E-state index is 13.4. The van der Waals surface area contributed by atoms with Crippen LogP contribution in [0.1, 0.15) is 33.3 Å². The Balaban J connectivity index is 1.91. The lowest BCUT2D eigenvalue weighted by Gasteiger charge is -2.32. The molecule has 0 bridgehead atoms. The molecule has 1 aromatic heterocycles. The molecule has 0 aliphatic carbocycles. The highest BCUT2D eigenvalue weighted by molar-refractivity contribution is 9.10. The van der Waals surface area contributed by atoms with Crippen molar-refractivity contribution in [3.63, 3.8) is 0 Å². The Morgan fingerprint density at radius 2 is 1.55 bits per heavy atom. The summed E-state index contributed by atoms with van der Waals surface area (Å²) in [5.74, 6) is 0. The van der Waals surface area contributed by atoms with Gasteiger partial charge >= 0.3 is 7.12 Å². The topological polar surface area (TPSA) is 57.5 Å². The standard InChI is InChI=1S/C21H23BBrNO4S/c1-14-6-9-16(10-7-14)29(25,26)24-13-18(17-11-8-15(23)12-19(17)24)22-27-20(2,3)21(4,5)28-22/h6-13H,1-5H3. The first kappa shape index (κ1) is 20.7. The molecule has 0 unspecified atom stereocenters. The molecule has 0 radical (unpaired) electrons. The lowest BCUT2D eigenvalue weighted by Crippen LogP contribution is -2.41. The van der Waals surface area contributed by atoms with E-state index in [9.17, 15) is 8.42 Å². The van der Waals surface area contributed by atoms with Crippen LogP contribution in [0.15, 0.2) is 58.0 Å². The molecule has 0 amide bonds. The van der Waals surface area contributed by atoms with E-state index in [4.69, 9.17) is 9.31 Å². The zero-order valence-electron chi connectivity index (χ0n) is 17.1. The number of aromatic nitrogens is 1. The second kappa shape index (κ2) is 6.70. The van der Waals surface area contributed by atoms with Crippen LogP contribution in [0.2, 0.25) is 0 Å². The largest absolute Gasteiger partial charge is 0.497 e. The van der Waals surface area contributed by atoms with Gasteiger partial charge in [0.2, 0.25) is 0 Å². The van der Waals surface area contributed by atoms with Crippen molar-refractivity contribution in [2.75, 3.05) is 0 Å². The maximum atomic E-state index is 13.4. The van der Waals surface area contributed by atoms with Gasteiger partial charge in [0.1, 0.15) is 0 Å². The second-order valence-corrected chi connectivity index (χ2v) is 11.2. The molecule has 1 fully saturated rings. The van der Waals surface area contributed by atoms with Crippen LogP contribution in [0, 0.1) is 6.92 Å². The SMILES string of the molecule is Cc1ccc(S(=O)(=O)n2cc(B3OC(C)(C)C(C)(C)O3)c3ccc(Br)cc32)cc1. The zero-order chi connectivity index (χ0) is 21.2. The third-order valence-corrected chi connectivity index (χ3v) is 8.03. The quantitative estimate of drug-likeness (QED) is 0.531. The lowest BCUT2D eigenvalue weighted by atomic mass is 9.79. The molecule has 2 aromatic carbocycles. The minimum Gasteiger partial charge on any atom is -0.399 e. The predicted molar refractivity (Wildman–Crippen MR) is 119 cm³/mol. The fraction of sp³-hybridized carbons (Fsp3) is 0.333. The molecule has 1 aliphatic rings. The lowest BCUT2D eigenvalue weighted by molar-refractivity contribution is 0.00578. The van der Waals surface area contributed by atoms with Gasteiger partial charge in [-0.05, 0) is 58.9 Å². The van der Waals surface area contributed by atoms with Gasteiger partial charge in [-0.25, -0.2) is 12.4 Å². The van der Waals surface area contributed by atoms with Crippen molar-refractivity contribution in [1.82, 2.24) is 3.97 Å². The molecule has 1 saturated heterocycles. The zero-order valence-corrected chi connectivity index (χ0v) is 19.5. The number of fused-ring (bicyclic) bond motifs is 1. The third kappa shape index (κ3) is 3.36. The molecule has 0 saturated carbocycles. The Morgan fingerprint density at radius 3 is 2.14 bits per heavy atom. The molecular formula is C21H23BBrNO4S. The molecule has 8 heteroatoms. The van der Waals surface area contributed by atoms with Crippen molar-refractivity contribution >= 4 is 49.4 Å². The summed E-state index contributed by atoms with van der Waals surface area (Å²) >= 11 is 3.46. The van der Waals surface area contributed by atoms with Gasteiger partial charge in [-0.15, -0.1) is 0 Å². The van der Waals surface area contributed by atoms with Crippen molar-refractivity contribution < 1.29 is 17.7 Å². The first-order chi connectivity index (χ1) is 13.4. The van der Waals surface area contributed by atoms with E-state index in [1.54, 1.807) is 36.5 Å². The van der Waals surface area contributed by atoms with Crippen LogP contribution in [0.5, 0.6) is 0 Å². The summed E-state index contributed by atoms with van der Waals surface area (Å²) in [5.41, 5.74) is 1.24. The van der Waals surface area contributed by atoms with E-state index in [0.717, 1.165) is 15.4 Å². The summed E-state index contributed by atoms with van der Waals surface area (Å²) in [7, 11) is -4.44. The average Bonchev–Trinajstić information content (AvgIpc) is 3.09. The van der Waals surface area contributed by atoms with Gasteiger partial charge in [-0.1, -0.05) is 39.7 Å². The van der Waals surface area contributed by atoms with Gasteiger partial charge in [-0.3, -0.25) is 0 Å². The minimum absolute atomic E-state index is 0.237. The van der Waals surface area contributed by atoms with Crippen LogP contribution in [0.4, 0.5) is 0 Å². The highest BCUT2D eigenvalue weighted by atomic mass is 79.9.